The summed E-state index contributed by atoms with van der Waals surface area (Å²) in [6, 6.07) is 0. The lowest BCUT2D eigenvalue weighted by molar-refractivity contribution is -0.491. The van der Waals surface area contributed by atoms with Crippen LogP contribution < -0.4 is 0 Å². The molecule has 0 bridgehead atoms. The highest BCUT2D eigenvalue weighted by Gasteiger charge is 2.41. The summed E-state index contributed by atoms with van der Waals surface area (Å²) in [7, 11) is -3.53. The van der Waals surface area contributed by atoms with Crippen molar-refractivity contribution < 1.29 is 38.1 Å². The molecule has 9 heteroatoms. The summed E-state index contributed by atoms with van der Waals surface area (Å²) in [4.78, 5) is 30.4. The zero-order valence-electron chi connectivity index (χ0n) is 9.50. The van der Waals surface area contributed by atoms with Gasteiger partial charge >= 0.3 is 15.0 Å². The molecule has 3 N–H and O–H groups in total. The SMILES string of the molecule is CCOCC(OC)(OCC)OO[Si](O)(O)O. The third kappa shape index (κ3) is 6.47. The first kappa shape index (κ1) is 15.9. The van der Waals surface area contributed by atoms with E-state index in [0.717, 1.165) is 0 Å². The molecule has 0 saturated carbocycles. The average Bonchev–Trinajstić information content (AvgIpc) is 2.21. The van der Waals surface area contributed by atoms with Crippen LogP contribution in [0.1, 0.15) is 13.8 Å². The molecule has 0 aliphatic carbocycles. The molecular weight excluding hydrogens is 240 g/mol. The Morgan fingerprint density at radius 3 is 2.12 bits per heavy atom. The molecule has 8 nitrogen and oxygen atoms in total. The van der Waals surface area contributed by atoms with Crippen molar-refractivity contribution in [2.45, 2.75) is 19.8 Å². The Balaban J connectivity index is 4.37. The van der Waals surface area contributed by atoms with Gasteiger partial charge in [0.1, 0.15) is 6.61 Å². The van der Waals surface area contributed by atoms with E-state index in [4.69, 9.17) is 28.6 Å². The lowest BCUT2D eigenvalue weighted by Crippen LogP contribution is -2.48. The average molecular weight is 258 g/mol. The largest absolute Gasteiger partial charge is 0.699 e. The molecule has 0 heterocycles. The van der Waals surface area contributed by atoms with E-state index in [9.17, 15) is 0 Å². The Hall–Kier alpha value is -0.103. The maximum atomic E-state index is 8.62. The molecule has 0 fully saturated rings. The lowest BCUT2D eigenvalue weighted by Gasteiger charge is -2.30. The first-order valence-electron chi connectivity index (χ1n) is 4.70. The maximum Gasteiger partial charge on any atom is 0.699 e. The van der Waals surface area contributed by atoms with Crippen LogP contribution in [0.5, 0.6) is 0 Å². The summed E-state index contributed by atoms with van der Waals surface area (Å²) < 4.78 is 19.0. The van der Waals surface area contributed by atoms with Gasteiger partial charge in [0, 0.05) is 20.3 Å². The summed E-state index contributed by atoms with van der Waals surface area (Å²) in [5.74, 6) is -1.74. The second kappa shape index (κ2) is 7.27. The molecule has 0 aromatic rings. The topological polar surface area (TPSA) is 107 Å². The molecule has 0 saturated heterocycles. The van der Waals surface area contributed by atoms with Gasteiger partial charge in [-0.05, 0) is 13.8 Å². The third-order valence-corrected chi connectivity index (χ3v) is 1.75. The molecule has 0 spiro atoms. The van der Waals surface area contributed by atoms with Crippen molar-refractivity contribution in [2.75, 3.05) is 26.9 Å². The van der Waals surface area contributed by atoms with Crippen molar-refractivity contribution in [3.8, 4) is 0 Å². The Morgan fingerprint density at radius 2 is 1.75 bits per heavy atom. The molecule has 98 valence electrons. The lowest BCUT2D eigenvalue weighted by atomic mass is 10.6. The van der Waals surface area contributed by atoms with Gasteiger partial charge in [0.2, 0.25) is 0 Å². The quantitative estimate of drug-likeness (QED) is 0.203. The van der Waals surface area contributed by atoms with Crippen molar-refractivity contribution >= 4 is 9.05 Å². The minimum atomic E-state index is -4.79. The van der Waals surface area contributed by atoms with Gasteiger partial charge in [-0.2, -0.15) is 9.46 Å². The summed E-state index contributed by atoms with van der Waals surface area (Å²) in [6.45, 7) is 3.85. The van der Waals surface area contributed by atoms with Gasteiger partial charge < -0.3 is 28.6 Å². The maximum absolute atomic E-state index is 8.62. The van der Waals surface area contributed by atoms with Crippen LogP contribution in [-0.2, 0) is 23.7 Å². The van der Waals surface area contributed by atoms with Crippen LogP contribution >= 0.6 is 0 Å². The summed E-state index contributed by atoms with van der Waals surface area (Å²) in [5, 5.41) is 0. The first-order chi connectivity index (χ1) is 7.39. The molecule has 0 amide bonds. The van der Waals surface area contributed by atoms with E-state index in [1.54, 1.807) is 13.8 Å². The predicted octanol–water partition coefficient (Wildman–Crippen LogP) is -1.28. The smallest absolute Gasteiger partial charge is 0.373 e. The molecule has 0 rings (SSSR count). The molecular formula is C7H18O8Si. The van der Waals surface area contributed by atoms with E-state index >= 15 is 0 Å². The van der Waals surface area contributed by atoms with Crippen LogP contribution in [0.3, 0.4) is 0 Å². The van der Waals surface area contributed by atoms with Crippen LogP contribution in [0.25, 0.3) is 0 Å². The molecule has 1 atom stereocenters. The fraction of sp³-hybridized carbons (Fsp3) is 1.00. The molecule has 16 heavy (non-hydrogen) atoms. The fourth-order valence-corrected chi connectivity index (χ4v) is 1.05. The number of ether oxygens (including phenoxy) is 3. The molecule has 0 aromatic heterocycles. The summed E-state index contributed by atoms with van der Waals surface area (Å²) >= 11 is 0. The molecule has 0 aliphatic heterocycles. The second-order valence-electron chi connectivity index (χ2n) is 2.70. The van der Waals surface area contributed by atoms with Gasteiger partial charge in [0.05, 0.1) is 0 Å². The van der Waals surface area contributed by atoms with Crippen LogP contribution in [0.2, 0.25) is 0 Å². The van der Waals surface area contributed by atoms with Gasteiger partial charge in [-0.3, -0.25) is 0 Å². The van der Waals surface area contributed by atoms with Gasteiger partial charge in [-0.25, -0.2) is 0 Å². The van der Waals surface area contributed by atoms with Crippen molar-refractivity contribution in [3.05, 3.63) is 0 Å². The van der Waals surface area contributed by atoms with Gasteiger partial charge in [-0.15, -0.1) is 0 Å². The number of hydrogen-bond donors (Lipinski definition) is 3. The van der Waals surface area contributed by atoms with Crippen LogP contribution in [0.15, 0.2) is 0 Å². The van der Waals surface area contributed by atoms with Crippen molar-refractivity contribution in [3.63, 3.8) is 0 Å². The van der Waals surface area contributed by atoms with Gasteiger partial charge in [-0.1, -0.05) is 0 Å². The Bertz CT molecular complexity index is 184. The highest BCUT2D eigenvalue weighted by atomic mass is 28.4. The number of rotatable bonds is 9. The van der Waals surface area contributed by atoms with Crippen molar-refractivity contribution in [2.24, 2.45) is 0 Å². The van der Waals surface area contributed by atoms with Crippen molar-refractivity contribution in [1.29, 1.82) is 0 Å². The van der Waals surface area contributed by atoms with Crippen molar-refractivity contribution in [1.82, 2.24) is 0 Å². The Labute approximate surface area is 94.7 Å². The highest BCUT2D eigenvalue weighted by molar-refractivity contribution is 6.48. The summed E-state index contributed by atoms with van der Waals surface area (Å²) in [6.07, 6.45) is 0. The van der Waals surface area contributed by atoms with E-state index in [1.807, 2.05) is 0 Å². The van der Waals surface area contributed by atoms with E-state index in [2.05, 4.69) is 9.46 Å². The van der Waals surface area contributed by atoms with Crippen LogP contribution in [0, 0.1) is 0 Å². The number of hydrogen-bond acceptors (Lipinski definition) is 8. The normalized spacial score (nSPS) is 16.1. The zero-order chi connectivity index (χ0) is 12.7. The third-order valence-electron chi connectivity index (χ3n) is 1.44. The van der Waals surface area contributed by atoms with E-state index < -0.39 is 15.0 Å². The molecule has 0 aliphatic rings. The number of methoxy groups -OCH3 is 1. The molecule has 0 radical (unpaired) electrons. The Morgan fingerprint density at radius 1 is 1.12 bits per heavy atom. The van der Waals surface area contributed by atoms with Gasteiger partial charge in [0.15, 0.2) is 0 Å². The molecule has 1 unspecified atom stereocenters. The minimum Gasteiger partial charge on any atom is -0.373 e. The second-order valence-corrected chi connectivity index (χ2v) is 4.01. The predicted molar refractivity (Wildman–Crippen MR) is 52.4 cm³/mol. The minimum absolute atomic E-state index is 0.154. The molecule has 0 aromatic carbocycles. The first-order valence-corrected chi connectivity index (χ1v) is 6.45. The van der Waals surface area contributed by atoms with Crippen LogP contribution in [0.4, 0.5) is 0 Å². The standard InChI is InChI=1S/C7H18O8Si/c1-4-12-6-7(11-3,13-5-2)14-15-16(8,9)10/h8-10H,4-6H2,1-3H3. The monoisotopic (exact) mass is 258 g/mol. The fourth-order valence-electron chi connectivity index (χ4n) is 0.808. The van der Waals surface area contributed by atoms with Crippen LogP contribution in [-0.4, -0.2) is 56.3 Å². The zero-order valence-corrected chi connectivity index (χ0v) is 10.5. The van der Waals surface area contributed by atoms with E-state index in [0.29, 0.717) is 6.61 Å². The van der Waals surface area contributed by atoms with Gasteiger partial charge in [0.25, 0.3) is 0 Å². The highest BCUT2D eigenvalue weighted by Crippen LogP contribution is 2.16. The summed E-state index contributed by atoms with van der Waals surface area (Å²) in [5.41, 5.74) is 0. The van der Waals surface area contributed by atoms with E-state index in [-0.39, 0.29) is 13.2 Å². The van der Waals surface area contributed by atoms with E-state index in [1.165, 1.54) is 7.11 Å². The Kier molecular flexibility index (Phi) is 7.22.